The van der Waals surface area contributed by atoms with Crippen LogP contribution in [-0.4, -0.2) is 55.1 Å². The highest BCUT2D eigenvalue weighted by Crippen LogP contribution is 1.72. The third-order valence-electron chi connectivity index (χ3n) is 1.83. The van der Waals surface area contributed by atoms with E-state index in [4.69, 9.17) is 5.11 Å². The van der Waals surface area contributed by atoms with E-state index in [0.717, 1.165) is 6.42 Å². The van der Waals surface area contributed by atoms with Crippen LogP contribution in [0.1, 0.15) is 13.3 Å². The van der Waals surface area contributed by atoms with E-state index < -0.39 is 24.5 Å². The number of carboxylic acid groups (broad SMARTS) is 1. The number of nitrogens with one attached hydrogen (secondary N) is 4. The Morgan fingerprint density at radius 3 is 1.84 bits per heavy atom. The Morgan fingerprint density at radius 2 is 1.37 bits per heavy atom. The van der Waals surface area contributed by atoms with Crippen LogP contribution in [0, 0.1) is 0 Å². The molecule has 0 spiro atoms. The summed E-state index contributed by atoms with van der Waals surface area (Å²) in [6.45, 7) is 1.36. The minimum atomic E-state index is -1.18. The summed E-state index contributed by atoms with van der Waals surface area (Å²) in [5, 5.41) is 17.4. The maximum Gasteiger partial charge on any atom is 0.322 e. The topological polar surface area (TPSA) is 137 Å². The molecule has 0 aromatic carbocycles. The first-order chi connectivity index (χ1) is 8.95. The van der Waals surface area contributed by atoms with Crippen LogP contribution in [0.2, 0.25) is 0 Å². The molecule has 0 bridgehead atoms. The summed E-state index contributed by atoms with van der Waals surface area (Å²) in [5.74, 6) is -2.13. The second kappa shape index (κ2) is 9.68. The van der Waals surface area contributed by atoms with Gasteiger partial charge in [0.1, 0.15) is 6.54 Å². The van der Waals surface area contributed by atoms with Crippen molar-refractivity contribution in [3.63, 3.8) is 0 Å². The number of rotatable bonds is 8. The molecule has 9 nitrogen and oxygen atoms in total. The van der Waals surface area contributed by atoms with Crippen LogP contribution in [0.3, 0.4) is 0 Å². The highest BCUT2D eigenvalue weighted by atomic mass is 16.4. The molecule has 0 rings (SSSR count). The molecule has 9 heteroatoms. The predicted molar refractivity (Wildman–Crippen MR) is 65.3 cm³/mol. The first kappa shape index (κ1) is 16.7. The first-order valence-corrected chi connectivity index (χ1v) is 5.72. The van der Waals surface area contributed by atoms with Crippen LogP contribution in [0.15, 0.2) is 0 Å². The zero-order valence-corrected chi connectivity index (χ0v) is 10.6. The molecule has 0 radical (unpaired) electrons. The SMILES string of the molecule is CCCNC(=O)CNC(=O)NCC(=O)NCC(=O)O. The monoisotopic (exact) mass is 274 g/mol. The van der Waals surface area contributed by atoms with Crippen molar-refractivity contribution >= 4 is 23.8 Å². The van der Waals surface area contributed by atoms with Gasteiger partial charge in [0.2, 0.25) is 11.8 Å². The van der Waals surface area contributed by atoms with Crippen molar-refractivity contribution in [2.75, 3.05) is 26.2 Å². The average Bonchev–Trinajstić information content (AvgIpc) is 2.37. The van der Waals surface area contributed by atoms with E-state index in [1.165, 1.54) is 0 Å². The molecule has 0 saturated carbocycles. The van der Waals surface area contributed by atoms with Crippen LogP contribution in [0.25, 0.3) is 0 Å². The average molecular weight is 274 g/mol. The van der Waals surface area contributed by atoms with E-state index in [1.54, 1.807) is 0 Å². The second-order valence-corrected chi connectivity index (χ2v) is 3.56. The van der Waals surface area contributed by atoms with E-state index in [-0.39, 0.29) is 19.0 Å². The van der Waals surface area contributed by atoms with E-state index in [1.807, 2.05) is 6.92 Å². The number of urea groups is 1. The molecule has 0 aromatic rings. The lowest BCUT2D eigenvalue weighted by Crippen LogP contribution is -2.45. The van der Waals surface area contributed by atoms with Crippen LogP contribution >= 0.6 is 0 Å². The molecule has 0 aromatic heterocycles. The summed E-state index contributed by atoms with van der Waals surface area (Å²) in [7, 11) is 0. The largest absolute Gasteiger partial charge is 0.480 e. The molecular weight excluding hydrogens is 256 g/mol. The van der Waals surface area contributed by atoms with Crippen molar-refractivity contribution in [1.82, 2.24) is 21.3 Å². The molecular formula is C10H18N4O5. The number of hydrogen-bond acceptors (Lipinski definition) is 4. The Balaban J connectivity index is 3.66. The molecule has 5 N–H and O–H groups in total. The van der Waals surface area contributed by atoms with Gasteiger partial charge in [-0.2, -0.15) is 0 Å². The van der Waals surface area contributed by atoms with Gasteiger partial charge in [0, 0.05) is 6.54 Å². The number of hydrogen-bond donors (Lipinski definition) is 5. The minimum Gasteiger partial charge on any atom is -0.480 e. The van der Waals surface area contributed by atoms with Gasteiger partial charge >= 0.3 is 12.0 Å². The Bertz CT molecular complexity index is 345. The van der Waals surface area contributed by atoms with Gasteiger partial charge in [-0.15, -0.1) is 0 Å². The predicted octanol–water partition coefficient (Wildman–Crippen LogP) is -1.99. The molecule has 108 valence electrons. The first-order valence-electron chi connectivity index (χ1n) is 5.72. The zero-order chi connectivity index (χ0) is 14.7. The number of carboxylic acids is 1. The summed E-state index contributed by atoms with van der Waals surface area (Å²) in [5.41, 5.74) is 0. The standard InChI is InChI=1S/C10H18N4O5/c1-2-3-11-7(15)4-13-10(19)14-5-8(16)12-6-9(17)18/h2-6H2,1H3,(H,11,15)(H,12,16)(H,17,18)(H2,13,14,19). The van der Waals surface area contributed by atoms with Crippen LogP contribution in [-0.2, 0) is 14.4 Å². The van der Waals surface area contributed by atoms with Crippen molar-refractivity contribution in [3.8, 4) is 0 Å². The van der Waals surface area contributed by atoms with Gasteiger partial charge in [0.25, 0.3) is 0 Å². The van der Waals surface area contributed by atoms with Crippen LogP contribution in [0.5, 0.6) is 0 Å². The van der Waals surface area contributed by atoms with E-state index in [2.05, 4.69) is 21.3 Å². The fourth-order valence-corrected chi connectivity index (χ4v) is 0.947. The highest BCUT2D eigenvalue weighted by molar-refractivity contribution is 5.88. The fourth-order valence-electron chi connectivity index (χ4n) is 0.947. The number of aliphatic carboxylic acids is 1. The number of amides is 4. The smallest absolute Gasteiger partial charge is 0.322 e. The van der Waals surface area contributed by atoms with Gasteiger partial charge in [-0.25, -0.2) is 4.79 Å². The van der Waals surface area contributed by atoms with Crippen molar-refractivity contribution in [1.29, 1.82) is 0 Å². The van der Waals surface area contributed by atoms with Crippen molar-refractivity contribution in [2.24, 2.45) is 0 Å². The molecule has 0 heterocycles. The third-order valence-corrected chi connectivity index (χ3v) is 1.83. The van der Waals surface area contributed by atoms with Crippen LogP contribution < -0.4 is 21.3 Å². The van der Waals surface area contributed by atoms with Gasteiger partial charge < -0.3 is 26.4 Å². The highest BCUT2D eigenvalue weighted by Gasteiger charge is 2.07. The molecule has 0 saturated heterocycles. The van der Waals surface area contributed by atoms with E-state index >= 15 is 0 Å². The molecule has 4 amide bonds. The molecule has 0 unspecified atom stereocenters. The van der Waals surface area contributed by atoms with Crippen LogP contribution in [0.4, 0.5) is 4.79 Å². The van der Waals surface area contributed by atoms with E-state index in [9.17, 15) is 19.2 Å². The molecule has 0 aliphatic rings. The van der Waals surface area contributed by atoms with Crippen molar-refractivity contribution in [2.45, 2.75) is 13.3 Å². The summed E-state index contributed by atoms with van der Waals surface area (Å²) in [6, 6.07) is -0.683. The van der Waals surface area contributed by atoms with Gasteiger partial charge in [-0.1, -0.05) is 6.92 Å². The summed E-state index contributed by atoms with van der Waals surface area (Å²) in [4.78, 5) is 43.5. The maximum atomic E-state index is 11.2. The molecule has 19 heavy (non-hydrogen) atoms. The van der Waals surface area contributed by atoms with E-state index in [0.29, 0.717) is 6.54 Å². The minimum absolute atomic E-state index is 0.192. The second-order valence-electron chi connectivity index (χ2n) is 3.56. The van der Waals surface area contributed by atoms with Crippen molar-refractivity contribution < 1.29 is 24.3 Å². The lowest BCUT2D eigenvalue weighted by molar-refractivity contribution is -0.137. The van der Waals surface area contributed by atoms with Crippen molar-refractivity contribution in [3.05, 3.63) is 0 Å². The van der Waals surface area contributed by atoms with Gasteiger partial charge in [-0.05, 0) is 6.42 Å². The molecule has 0 aliphatic carbocycles. The Labute approximate surface area is 110 Å². The number of carbonyl (C=O) groups excluding carboxylic acids is 3. The van der Waals surface area contributed by atoms with Gasteiger partial charge in [0.15, 0.2) is 0 Å². The lowest BCUT2D eigenvalue weighted by atomic mass is 10.4. The number of carbonyl (C=O) groups is 4. The zero-order valence-electron chi connectivity index (χ0n) is 10.6. The quantitative estimate of drug-likeness (QED) is 0.349. The Morgan fingerprint density at radius 1 is 0.842 bits per heavy atom. The molecule has 0 atom stereocenters. The van der Waals surface area contributed by atoms with Gasteiger partial charge in [-0.3, -0.25) is 14.4 Å². The summed E-state index contributed by atoms with van der Waals surface area (Å²) in [6.07, 6.45) is 0.793. The Hall–Kier alpha value is -2.32. The third kappa shape index (κ3) is 10.5. The fraction of sp³-hybridized carbons (Fsp3) is 0.600. The molecule has 0 fully saturated rings. The van der Waals surface area contributed by atoms with Gasteiger partial charge in [0.05, 0.1) is 13.1 Å². The molecule has 0 aliphatic heterocycles. The summed E-state index contributed by atoms with van der Waals surface area (Å²) >= 11 is 0. The lowest BCUT2D eigenvalue weighted by Gasteiger charge is -2.07. The Kier molecular flexibility index (Phi) is 8.50. The normalized spacial score (nSPS) is 9.32. The summed E-state index contributed by atoms with van der Waals surface area (Å²) < 4.78 is 0. The maximum absolute atomic E-state index is 11.2.